The van der Waals surface area contributed by atoms with Gasteiger partial charge in [0, 0.05) is 24.3 Å². The fourth-order valence-electron chi connectivity index (χ4n) is 2.50. The molecule has 3 amide bonds. The van der Waals surface area contributed by atoms with Crippen LogP contribution in [0.2, 0.25) is 10.0 Å². The number of anilines is 1. The Kier molecular flexibility index (Phi) is 7.11. The summed E-state index contributed by atoms with van der Waals surface area (Å²) < 4.78 is 0. The van der Waals surface area contributed by atoms with E-state index in [0.717, 1.165) is 11.3 Å². The summed E-state index contributed by atoms with van der Waals surface area (Å²) in [4.78, 5) is 24.2. The summed E-state index contributed by atoms with van der Waals surface area (Å²) in [5, 5.41) is 9.01. The maximum Gasteiger partial charge on any atom is 0.319 e. The number of hydrogen-bond acceptors (Lipinski definition) is 2. The molecular formula is C20H23Cl2N3O2. The first-order chi connectivity index (χ1) is 12.7. The highest BCUT2D eigenvalue weighted by molar-refractivity contribution is 6.42. The number of halogens is 2. The average molecular weight is 408 g/mol. The van der Waals surface area contributed by atoms with Crippen LogP contribution in [0.4, 0.5) is 10.5 Å². The van der Waals surface area contributed by atoms with E-state index in [4.69, 9.17) is 23.2 Å². The number of carbonyl (C=O) groups excluding carboxylic acids is 2. The van der Waals surface area contributed by atoms with Gasteiger partial charge in [0.15, 0.2) is 0 Å². The number of para-hydroxylation sites is 1. The van der Waals surface area contributed by atoms with E-state index in [-0.39, 0.29) is 30.4 Å². The maximum atomic E-state index is 12.1. The molecule has 0 heterocycles. The van der Waals surface area contributed by atoms with Gasteiger partial charge in [-0.25, -0.2) is 4.79 Å². The summed E-state index contributed by atoms with van der Waals surface area (Å²) >= 11 is 11.7. The third-order valence-electron chi connectivity index (χ3n) is 3.86. The van der Waals surface area contributed by atoms with E-state index in [1.54, 1.807) is 12.1 Å². The number of benzene rings is 2. The minimum Gasteiger partial charge on any atom is -0.350 e. The summed E-state index contributed by atoms with van der Waals surface area (Å²) in [6, 6.07) is 12.0. The molecule has 0 aliphatic carbocycles. The highest BCUT2D eigenvalue weighted by Gasteiger charge is 2.18. The Morgan fingerprint density at radius 1 is 0.926 bits per heavy atom. The van der Waals surface area contributed by atoms with Crippen molar-refractivity contribution in [3.63, 3.8) is 0 Å². The van der Waals surface area contributed by atoms with E-state index in [9.17, 15) is 9.59 Å². The fraction of sp³-hybridized carbons (Fsp3) is 0.300. The quantitative estimate of drug-likeness (QED) is 0.620. The molecule has 2 aromatic carbocycles. The third kappa shape index (κ3) is 6.15. The smallest absolute Gasteiger partial charge is 0.319 e. The van der Waals surface area contributed by atoms with Gasteiger partial charge in [0.1, 0.15) is 0 Å². The van der Waals surface area contributed by atoms with E-state index in [0.29, 0.717) is 15.6 Å². The number of rotatable bonds is 5. The van der Waals surface area contributed by atoms with E-state index >= 15 is 0 Å². The fourth-order valence-corrected chi connectivity index (χ4v) is 2.80. The van der Waals surface area contributed by atoms with Crippen molar-refractivity contribution >= 4 is 40.8 Å². The monoisotopic (exact) mass is 407 g/mol. The Balaban J connectivity index is 1.82. The Morgan fingerprint density at radius 3 is 2.26 bits per heavy atom. The Morgan fingerprint density at radius 2 is 1.59 bits per heavy atom. The molecule has 0 bridgehead atoms. The van der Waals surface area contributed by atoms with Crippen LogP contribution in [0.5, 0.6) is 0 Å². The van der Waals surface area contributed by atoms with Gasteiger partial charge in [-0.3, -0.25) is 4.79 Å². The lowest BCUT2D eigenvalue weighted by Gasteiger charge is -2.23. The van der Waals surface area contributed by atoms with Crippen LogP contribution in [0.3, 0.4) is 0 Å². The summed E-state index contributed by atoms with van der Waals surface area (Å²) in [6.45, 7) is 6.84. The van der Waals surface area contributed by atoms with Crippen molar-refractivity contribution < 1.29 is 9.59 Å². The first kappa shape index (κ1) is 21.1. The molecule has 0 spiro atoms. The zero-order valence-corrected chi connectivity index (χ0v) is 17.0. The largest absolute Gasteiger partial charge is 0.350 e. The number of hydrogen-bond donors (Lipinski definition) is 3. The second-order valence-electron chi connectivity index (χ2n) is 7.06. The zero-order chi connectivity index (χ0) is 20.0. The zero-order valence-electron chi connectivity index (χ0n) is 15.5. The van der Waals surface area contributed by atoms with Gasteiger partial charge in [-0.1, -0.05) is 62.2 Å². The van der Waals surface area contributed by atoms with Crippen LogP contribution in [0.15, 0.2) is 42.5 Å². The highest BCUT2D eigenvalue weighted by Crippen LogP contribution is 2.29. The molecule has 0 fully saturated rings. The van der Waals surface area contributed by atoms with Gasteiger partial charge in [0.05, 0.1) is 10.0 Å². The molecule has 144 valence electrons. The van der Waals surface area contributed by atoms with E-state index < -0.39 is 0 Å². The molecule has 0 saturated heterocycles. The second kappa shape index (κ2) is 9.11. The van der Waals surface area contributed by atoms with Crippen LogP contribution < -0.4 is 16.0 Å². The van der Waals surface area contributed by atoms with Crippen molar-refractivity contribution in [2.75, 3.05) is 18.4 Å². The SMILES string of the molecule is CC(C)(C)c1ccccc1NC(=O)NCCNC(=O)c1ccc(Cl)c(Cl)c1. The van der Waals surface area contributed by atoms with Crippen LogP contribution >= 0.6 is 23.2 Å². The summed E-state index contributed by atoms with van der Waals surface area (Å²) in [5.74, 6) is -0.283. The molecule has 5 nitrogen and oxygen atoms in total. The van der Waals surface area contributed by atoms with Crippen LogP contribution in [0.1, 0.15) is 36.7 Å². The number of nitrogens with one attached hydrogen (secondary N) is 3. The van der Waals surface area contributed by atoms with Crippen LogP contribution in [-0.4, -0.2) is 25.0 Å². The van der Waals surface area contributed by atoms with Crippen LogP contribution in [0, 0.1) is 0 Å². The van der Waals surface area contributed by atoms with Crippen LogP contribution in [-0.2, 0) is 5.41 Å². The van der Waals surface area contributed by atoms with Crippen molar-refractivity contribution in [3.05, 3.63) is 63.6 Å². The van der Waals surface area contributed by atoms with Gasteiger partial charge in [0.25, 0.3) is 5.91 Å². The maximum absolute atomic E-state index is 12.1. The Labute approximate surface area is 169 Å². The predicted octanol–water partition coefficient (Wildman–Crippen LogP) is 4.84. The molecule has 0 radical (unpaired) electrons. The molecule has 3 N–H and O–H groups in total. The van der Waals surface area contributed by atoms with Gasteiger partial charge in [-0.05, 0) is 35.2 Å². The Hall–Kier alpha value is -2.24. The second-order valence-corrected chi connectivity index (χ2v) is 7.88. The molecule has 2 rings (SSSR count). The first-order valence-corrected chi connectivity index (χ1v) is 9.31. The Bertz CT molecular complexity index is 832. The number of carbonyl (C=O) groups is 2. The predicted molar refractivity (Wildman–Crippen MR) is 111 cm³/mol. The average Bonchev–Trinajstić information content (AvgIpc) is 2.60. The van der Waals surface area contributed by atoms with Crippen molar-refractivity contribution in [1.29, 1.82) is 0 Å². The molecule has 7 heteroatoms. The molecule has 0 saturated carbocycles. The first-order valence-electron chi connectivity index (χ1n) is 8.56. The van der Waals surface area contributed by atoms with E-state index in [1.807, 2.05) is 24.3 Å². The molecule has 0 unspecified atom stereocenters. The van der Waals surface area contributed by atoms with Gasteiger partial charge < -0.3 is 16.0 Å². The molecule has 0 aliphatic rings. The lowest BCUT2D eigenvalue weighted by atomic mass is 9.86. The number of urea groups is 1. The third-order valence-corrected chi connectivity index (χ3v) is 4.60. The lowest BCUT2D eigenvalue weighted by molar-refractivity contribution is 0.0954. The minimum absolute atomic E-state index is 0.0856. The van der Waals surface area contributed by atoms with Gasteiger partial charge in [0.2, 0.25) is 0 Å². The van der Waals surface area contributed by atoms with Crippen molar-refractivity contribution in [2.45, 2.75) is 26.2 Å². The molecule has 2 aromatic rings. The molecule has 0 aromatic heterocycles. The van der Waals surface area contributed by atoms with Gasteiger partial charge in [-0.2, -0.15) is 0 Å². The topological polar surface area (TPSA) is 70.2 Å². The molecular weight excluding hydrogens is 385 g/mol. The standard InChI is InChI=1S/C20H23Cl2N3O2/c1-20(2,3)14-6-4-5-7-17(14)25-19(27)24-11-10-23-18(26)13-8-9-15(21)16(22)12-13/h4-9,12H,10-11H2,1-3H3,(H,23,26)(H2,24,25,27). The highest BCUT2D eigenvalue weighted by atomic mass is 35.5. The lowest BCUT2D eigenvalue weighted by Crippen LogP contribution is -2.37. The van der Waals surface area contributed by atoms with Crippen molar-refractivity contribution in [3.8, 4) is 0 Å². The number of amides is 3. The molecule has 0 aliphatic heterocycles. The molecule has 0 atom stereocenters. The van der Waals surface area contributed by atoms with Gasteiger partial charge >= 0.3 is 6.03 Å². The normalized spacial score (nSPS) is 11.0. The van der Waals surface area contributed by atoms with E-state index in [2.05, 4.69) is 36.7 Å². The summed E-state index contributed by atoms with van der Waals surface area (Å²) in [7, 11) is 0. The minimum atomic E-state index is -0.324. The summed E-state index contributed by atoms with van der Waals surface area (Å²) in [5.41, 5.74) is 2.14. The van der Waals surface area contributed by atoms with Crippen molar-refractivity contribution in [2.24, 2.45) is 0 Å². The van der Waals surface area contributed by atoms with Crippen LogP contribution in [0.25, 0.3) is 0 Å². The summed E-state index contributed by atoms with van der Waals surface area (Å²) in [6.07, 6.45) is 0. The van der Waals surface area contributed by atoms with E-state index in [1.165, 1.54) is 6.07 Å². The van der Waals surface area contributed by atoms with Gasteiger partial charge in [-0.15, -0.1) is 0 Å². The van der Waals surface area contributed by atoms with Crippen molar-refractivity contribution in [1.82, 2.24) is 10.6 Å². The molecule has 27 heavy (non-hydrogen) atoms.